The van der Waals surface area contributed by atoms with Crippen LogP contribution in [0.1, 0.15) is 5.82 Å². The van der Waals surface area contributed by atoms with Crippen LogP contribution in [0, 0.1) is 6.92 Å². The van der Waals surface area contributed by atoms with Gasteiger partial charge >= 0.3 is 16.2 Å². The second-order valence-corrected chi connectivity index (χ2v) is 3.87. The lowest BCUT2D eigenvalue weighted by Gasteiger charge is -2.03. The van der Waals surface area contributed by atoms with E-state index in [-0.39, 0.29) is 5.82 Å². The van der Waals surface area contributed by atoms with Gasteiger partial charge in [0.1, 0.15) is 12.4 Å². The maximum absolute atomic E-state index is 12.6. The van der Waals surface area contributed by atoms with Crippen molar-refractivity contribution in [1.29, 1.82) is 0 Å². The standard InChI is InChI=1S/C6H8FN3O4S/c1-4-8-9-6(15(7,12)13)10(4)3-5(11)14-2/h3H2,1-2H3. The molecule has 0 spiro atoms. The van der Waals surface area contributed by atoms with Crippen LogP contribution in [0.2, 0.25) is 0 Å². The number of nitrogens with zero attached hydrogens (tertiary/aromatic N) is 3. The average molecular weight is 237 g/mol. The highest BCUT2D eigenvalue weighted by molar-refractivity contribution is 7.86. The quantitative estimate of drug-likeness (QED) is 0.516. The Morgan fingerprint density at radius 3 is 2.60 bits per heavy atom. The highest BCUT2D eigenvalue weighted by Gasteiger charge is 2.24. The Balaban J connectivity index is 3.17. The number of esters is 1. The van der Waals surface area contributed by atoms with Crippen LogP contribution in [0.15, 0.2) is 5.16 Å². The van der Waals surface area contributed by atoms with Crippen LogP contribution in [0.4, 0.5) is 3.89 Å². The molecule has 9 heteroatoms. The number of aryl methyl sites for hydroxylation is 1. The van der Waals surface area contributed by atoms with E-state index in [9.17, 15) is 17.1 Å². The number of ether oxygens (including phenoxy) is 1. The molecule has 0 bridgehead atoms. The van der Waals surface area contributed by atoms with Gasteiger partial charge in [0.25, 0.3) is 5.16 Å². The Kier molecular flexibility index (Phi) is 3.03. The van der Waals surface area contributed by atoms with E-state index in [2.05, 4.69) is 14.9 Å². The summed E-state index contributed by atoms with van der Waals surface area (Å²) in [4.78, 5) is 10.9. The van der Waals surface area contributed by atoms with Crippen molar-refractivity contribution < 1.29 is 21.8 Å². The highest BCUT2D eigenvalue weighted by Crippen LogP contribution is 2.10. The third kappa shape index (κ3) is 2.49. The molecule has 1 rings (SSSR count). The Labute approximate surface area is 85.1 Å². The highest BCUT2D eigenvalue weighted by atomic mass is 32.3. The molecule has 0 aliphatic carbocycles. The van der Waals surface area contributed by atoms with Crippen molar-refractivity contribution in [1.82, 2.24) is 14.8 Å². The molecular weight excluding hydrogens is 229 g/mol. The normalized spacial score (nSPS) is 11.4. The molecule has 0 amide bonds. The van der Waals surface area contributed by atoms with E-state index in [1.807, 2.05) is 0 Å². The number of rotatable bonds is 3. The van der Waals surface area contributed by atoms with Crippen LogP contribution >= 0.6 is 0 Å². The van der Waals surface area contributed by atoms with Crippen molar-refractivity contribution in [3.05, 3.63) is 5.82 Å². The van der Waals surface area contributed by atoms with E-state index in [1.165, 1.54) is 6.92 Å². The van der Waals surface area contributed by atoms with Gasteiger partial charge in [0.05, 0.1) is 7.11 Å². The SMILES string of the molecule is COC(=O)Cn1c(C)nnc1S(=O)(=O)F. The number of methoxy groups -OCH3 is 1. The first-order chi connectivity index (χ1) is 6.86. The molecule has 0 aromatic carbocycles. The zero-order chi connectivity index (χ0) is 11.6. The first-order valence-corrected chi connectivity index (χ1v) is 5.16. The predicted octanol–water partition coefficient (Wildman–Crippen LogP) is -0.582. The summed E-state index contributed by atoms with van der Waals surface area (Å²) in [6.45, 7) is 0.943. The molecule has 7 nitrogen and oxygen atoms in total. The Hall–Kier alpha value is -1.51. The number of carbonyl (C=O) groups is 1. The molecule has 15 heavy (non-hydrogen) atoms. The first-order valence-electron chi connectivity index (χ1n) is 3.77. The Morgan fingerprint density at radius 2 is 2.13 bits per heavy atom. The maximum Gasteiger partial charge on any atom is 0.368 e. The lowest BCUT2D eigenvalue weighted by Crippen LogP contribution is -2.16. The van der Waals surface area contributed by atoms with Crippen LogP contribution < -0.4 is 0 Å². The Morgan fingerprint density at radius 1 is 1.53 bits per heavy atom. The molecule has 0 fully saturated rings. The average Bonchev–Trinajstić information content (AvgIpc) is 2.47. The molecule has 0 saturated heterocycles. The minimum atomic E-state index is -4.98. The van der Waals surface area contributed by atoms with E-state index in [4.69, 9.17) is 0 Å². The summed E-state index contributed by atoms with van der Waals surface area (Å²) in [5.74, 6) is -0.612. The van der Waals surface area contributed by atoms with Gasteiger partial charge in [-0.25, -0.2) is 0 Å². The van der Waals surface area contributed by atoms with Gasteiger partial charge in [-0.1, -0.05) is 3.89 Å². The summed E-state index contributed by atoms with van der Waals surface area (Å²) in [5, 5.41) is 5.58. The fourth-order valence-electron chi connectivity index (χ4n) is 0.918. The molecule has 0 atom stereocenters. The number of hydrogen-bond acceptors (Lipinski definition) is 6. The molecule has 1 heterocycles. The van der Waals surface area contributed by atoms with Gasteiger partial charge in [0, 0.05) is 0 Å². The minimum absolute atomic E-state index is 0.108. The largest absolute Gasteiger partial charge is 0.468 e. The van der Waals surface area contributed by atoms with Crippen molar-refractivity contribution in [2.24, 2.45) is 0 Å². The second-order valence-electron chi connectivity index (χ2n) is 2.63. The van der Waals surface area contributed by atoms with Crippen LogP contribution in [-0.4, -0.2) is 36.3 Å². The first kappa shape index (κ1) is 11.6. The van der Waals surface area contributed by atoms with Crippen molar-refractivity contribution in [2.75, 3.05) is 7.11 Å². The van der Waals surface area contributed by atoms with Crippen molar-refractivity contribution >= 4 is 16.2 Å². The van der Waals surface area contributed by atoms with Gasteiger partial charge in [-0.3, -0.25) is 9.36 Å². The molecule has 1 aromatic rings. The lowest BCUT2D eigenvalue weighted by atomic mass is 10.6. The minimum Gasteiger partial charge on any atom is -0.468 e. The van der Waals surface area contributed by atoms with E-state index >= 15 is 0 Å². The fourth-order valence-corrected chi connectivity index (χ4v) is 1.52. The van der Waals surface area contributed by atoms with Crippen LogP contribution in [0.25, 0.3) is 0 Å². The maximum atomic E-state index is 12.6. The molecule has 0 radical (unpaired) electrons. The summed E-state index contributed by atoms with van der Waals surface area (Å²) in [6, 6.07) is 0. The zero-order valence-electron chi connectivity index (χ0n) is 7.97. The van der Waals surface area contributed by atoms with Crippen LogP contribution in [0.3, 0.4) is 0 Å². The van der Waals surface area contributed by atoms with Gasteiger partial charge < -0.3 is 4.74 Å². The fraction of sp³-hybridized carbons (Fsp3) is 0.500. The van der Waals surface area contributed by atoms with E-state index < -0.39 is 27.9 Å². The molecule has 0 N–H and O–H groups in total. The van der Waals surface area contributed by atoms with Crippen molar-refractivity contribution in [3.63, 3.8) is 0 Å². The molecule has 0 saturated carbocycles. The van der Waals surface area contributed by atoms with Crippen molar-refractivity contribution in [3.8, 4) is 0 Å². The van der Waals surface area contributed by atoms with Gasteiger partial charge in [0.2, 0.25) is 0 Å². The smallest absolute Gasteiger partial charge is 0.368 e. The molecule has 0 aliphatic heterocycles. The number of carbonyl (C=O) groups excluding carboxylic acids is 1. The molecule has 84 valence electrons. The predicted molar refractivity (Wildman–Crippen MR) is 45.1 cm³/mol. The van der Waals surface area contributed by atoms with Gasteiger partial charge in [-0.2, -0.15) is 8.42 Å². The van der Waals surface area contributed by atoms with E-state index in [0.29, 0.717) is 0 Å². The summed E-state index contributed by atoms with van der Waals surface area (Å²) in [6.07, 6.45) is 0. The molecule has 0 unspecified atom stereocenters. The van der Waals surface area contributed by atoms with Gasteiger partial charge in [0.15, 0.2) is 0 Å². The Bertz CT molecular complexity index is 481. The summed E-state index contributed by atoms with van der Waals surface area (Å²) in [7, 11) is -3.85. The van der Waals surface area contributed by atoms with Crippen LogP contribution in [0.5, 0.6) is 0 Å². The third-order valence-electron chi connectivity index (χ3n) is 1.63. The molecule has 0 aliphatic rings. The van der Waals surface area contributed by atoms with E-state index in [0.717, 1.165) is 11.7 Å². The summed E-state index contributed by atoms with van der Waals surface area (Å²) >= 11 is 0. The summed E-state index contributed by atoms with van der Waals surface area (Å²) in [5.41, 5.74) is 0. The van der Waals surface area contributed by atoms with Gasteiger partial charge in [-0.15, -0.1) is 10.2 Å². The molecule has 1 aromatic heterocycles. The van der Waals surface area contributed by atoms with E-state index in [1.54, 1.807) is 0 Å². The number of hydrogen-bond donors (Lipinski definition) is 0. The molecular formula is C6H8FN3O4S. The second kappa shape index (κ2) is 3.93. The van der Waals surface area contributed by atoms with Gasteiger partial charge in [-0.05, 0) is 6.92 Å². The zero-order valence-corrected chi connectivity index (χ0v) is 8.78. The number of halogens is 1. The monoisotopic (exact) mass is 237 g/mol. The topological polar surface area (TPSA) is 91.2 Å². The number of aromatic nitrogens is 3. The third-order valence-corrected chi connectivity index (χ3v) is 2.37. The lowest BCUT2D eigenvalue weighted by molar-refractivity contribution is -0.141. The van der Waals surface area contributed by atoms with Crippen molar-refractivity contribution in [2.45, 2.75) is 18.6 Å². The van der Waals surface area contributed by atoms with Crippen LogP contribution in [-0.2, 0) is 26.3 Å². The summed E-state index contributed by atoms with van der Waals surface area (Å²) < 4.78 is 39.0.